The summed E-state index contributed by atoms with van der Waals surface area (Å²) < 4.78 is 5.74. The van der Waals surface area contributed by atoms with Crippen LogP contribution in [0.25, 0.3) is 0 Å². The van der Waals surface area contributed by atoms with Crippen LogP contribution < -0.4 is 21.1 Å². The highest BCUT2D eigenvalue weighted by Gasteiger charge is 2.45. The van der Waals surface area contributed by atoms with Crippen LogP contribution in [-0.4, -0.2) is 47.1 Å². The molecule has 1 atom stereocenters. The number of ether oxygens (including phenoxy) is 1. The highest BCUT2D eigenvalue weighted by atomic mass is 32.1. The smallest absolute Gasteiger partial charge is 0.251 e. The fourth-order valence-electron chi connectivity index (χ4n) is 4.22. The number of nitrogens with one attached hydrogen (secondary N) is 3. The number of nitrogens with zero attached hydrogens (tertiary/aromatic N) is 1. The summed E-state index contributed by atoms with van der Waals surface area (Å²) in [6.45, 7) is 2.26. The summed E-state index contributed by atoms with van der Waals surface area (Å²) in [4.78, 5) is 41.1. The Hall–Kier alpha value is -4.18. The molecule has 0 saturated carbocycles. The Labute approximate surface area is 219 Å². The maximum Gasteiger partial charge on any atom is 0.251 e. The number of likely N-dealkylation sites (tertiary alicyclic amines) is 1. The monoisotopic (exact) mass is 519 g/mol. The first-order valence-corrected chi connectivity index (χ1v) is 12.8. The van der Waals surface area contributed by atoms with E-state index in [1.165, 1.54) is 16.2 Å². The van der Waals surface area contributed by atoms with Gasteiger partial charge in [0.1, 0.15) is 22.9 Å². The van der Waals surface area contributed by atoms with Crippen LogP contribution in [0.2, 0.25) is 0 Å². The Morgan fingerprint density at radius 1 is 1.05 bits per heavy atom. The lowest BCUT2D eigenvalue weighted by atomic mass is 9.97. The maximum absolute atomic E-state index is 13.1. The van der Waals surface area contributed by atoms with E-state index in [2.05, 4.69) is 10.6 Å². The van der Waals surface area contributed by atoms with Crippen LogP contribution in [0.15, 0.2) is 66.0 Å². The molecule has 0 bridgehead atoms. The van der Waals surface area contributed by atoms with E-state index in [1.807, 2.05) is 30.3 Å². The summed E-state index contributed by atoms with van der Waals surface area (Å²) >= 11 is 1.41. The van der Waals surface area contributed by atoms with E-state index in [4.69, 9.17) is 15.9 Å². The summed E-state index contributed by atoms with van der Waals surface area (Å²) in [6.07, 6.45) is 1.23. The minimum absolute atomic E-state index is 0.0214. The number of carbonyl (C=O) groups is 3. The predicted octanol–water partition coefficient (Wildman–Crippen LogP) is 3.25. The van der Waals surface area contributed by atoms with Gasteiger partial charge in [0.2, 0.25) is 11.8 Å². The van der Waals surface area contributed by atoms with Crippen LogP contribution in [0.5, 0.6) is 11.5 Å². The Morgan fingerprint density at radius 2 is 1.76 bits per heavy atom. The normalized spacial score (nSPS) is 16.7. The summed E-state index contributed by atoms with van der Waals surface area (Å²) in [5.41, 5.74) is 5.52. The lowest BCUT2D eigenvalue weighted by molar-refractivity contribution is -0.143. The van der Waals surface area contributed by atoms with Gasteiger partial charge >= 0.3 is 0 Å². The molecule has 3 aromatic rings. The number of carbonyl (C=O) groups excluding carboxylic acids is 3. The fourth-order valence-corrected chi connectivity index (χ4v) is 5.05. The molecule has 10 heteroatoms. The zero-order valence-corrected chi connectivity index (χ0v) is 21.3. The average molecular weight is 520 g/mol. The first-order chi connectivity index (χ1) is 17.8. The molecule has 37 heavy (non-hydrogen) atoms. The molecule has 4 rings (SSSR count). The number of amides is 3. The van der Waals surface area contributed by atoms with E-state index in [-0.39, 0.29) is 36.6 Å². The lowest BCUT2D eigenvalue weighted by Crippen LogP contribution is -2.57. The molecule has 1 unspecified atom stereocenters. The molecular weight excluding hydrogens is 490 g/mol. The molecule has 192 valence electrons. The van der Waals surface area contributed by atoms with Crippen molar-refractivity contribution in [1.82, 2.24) is 15.5 Å². The predicted molar refractivity (Wildman–Crippen MR) is 142 cm³/mol. The van der Waals surface area contributed by atoms with Crippen molar-refractivity contribution < 1.29 is 19.1 Å². The number of benzene rings is 2. The van der Waals surface area contributed by atoms with E-state index in [9.17, 15) is 14.4 Å². The molecule has 0 aliphatic carbocycles. The zero-order chi connectivity index (χ0) is 26.4. The molecule has 1 saturated heterocycles. The molecule has 2 heterocycles. The third-order valence-corrected chi connectivity index (χ3v) is 7.25. The Morgan fingerprint density at radius 3 is 2.43 bits per heavy atom. The van der Waals surface area contributed by atoms with Crippen LogP contribution in [0.3, 0.4) is 0 Å². The van der Waals surface area contributed by atoms with E-state index in [1.54, 1.807) is 42.6 Å². The first kappa shape index (κ1) is 25.9. The second kappa shape index (κ2) is 11.3. The van der Waals surface area contributed by atoms with Crippen molar-refractivity contribution >= 4 is 34.9 Å². The molecule has 1 aromatic heterocycles. The van der Waals surface area contributed by atoms with Crippen LogP contribution in [0.4, 0.5) is 0 Å². The minimum Gasteiger partial charge on any atom is -0.457 e. The van der Waals surface area contributed by atoms with Crippen molar-refractivity contribution in [3.63, 3.8) is 0 Å². The van der Waals surface area contributed by atoms with Crippen LogP contribution in [0, 0.1) is 5.41 Å². The van der Waals surface area contributed by atoms with Crippen molar-refractivity contribution in [3.05, 3.63) is 82.0 Å². The molecule has 5 N–H and O–H groups in total. The van der Waals surface area contributed by atoms with E-state index >= 15 is 0 Å². The van der Waals surface area contributed by atoms with Gasteiger partial charge in [-0.15, -0.1) is 11.3 Å². The lowest BCUT2D eigenvalue weighted by Gasteiger charge is -2.34. The highest BCUT2D eigenvalue weighted by molar-refractivity contribution is 7.10. The maximum atomic E-state index is 13.1. The van der Waals surface area contributed by atoms with Gasteiger partial charge in [-0.25, -0.2) is 0 Å². The van der Waals surface area contributed by atoms with Gasteiger partial charge in [-0.1, -0.05) is 18.2 Å². The molecule has 3 amide bonds. The quantitative estimate of drug-likeness (QED) is 0.254. The second-order valence-corrected chi connectivity index (χ2v) is 9.94. The van der Waals surface area contributed by atoms with E-state index in [0.29, 0.717) is 42.0 Å². The van der Waals surface area contributed by atoms with Crippen LogP contribution in [0.1, 0.15) is 40.6 Å². The largest absolute Gasteiger partial charge is 0.457 e. The topological polar surface area (TPSA) is 138 Å². The number of para-hydroxylation sites is 1. The van der Waals surface area contributed by atoms with Gasteiger partial charge in [0.25, 0.3) is 5.91 Å². The number of amidine groups is 1. The molecule has 2 aromatic carbocycles. The number of hydrogen-bond acceptors (Lipinski definition) is 6. The number of rotatable bonds is 9. The third kappa shape index (κ3) is 6.15. The first-order valence-electron chi connectivity index (χ1n) is 11.9. The van der Waals surface area contributed by atoms with Crippen molar-refractivity contribution in [2.45, 2.75) is 31.8 Å². The number of nitrogens with two attached hydrogens (primary N) is 1. The van der Waals surface area contributed by atoms with Crippen LogP contribution in [-0.2, 0) is 16.1 Å². The molecule has 9 nitrogen and oxygen atoms in total. The van der Waals surface area contributed by atoms with Crippen molar-refractivity contribution in [3.8, 4) is 11.5 Å². The molecular formula is C27H29N5O4S. The number of thiophene rings is 1. The van der Waals surface area contributed by atoms with E-state index < -0.39 is 5.54 Å². The van der Waals surface area contributed by atoms with Gasteiger partial charge in [0.15, 0.2) is 0 Å². The summed E-state index contributed by atoms with van der Waals surface area (Å²) in [5, 5.41) is 14.8. The third-order valence-electron chi connectivity index (χ3n) is 6.31. The van der Waals surface area contributed by atoms with Gasteiger partial charge < -0.3 is 26.0 Å². The Balaban J connectivity index is 1.30. The molecule has 0 radical (unpaired) electrons. The second-order valence-electron chi connectivity index (χ2n) is 8.94. The Kier molecular flexibility index (Phi) is 7.88. The van der Waals surface area contributed by atoms with Crippen LogP contribution >= 0.6 is 11.3 Å². The molecule has 1 fully saturated rings. The zero-order valence-electron chi connectivity index (χ0n) is 20.5. The highest BCUT2D eigenvalue weighted by Crippen LogP contribution is 2.29. The summed E-state index contributed by atoms with van der Waals surface area (Å²) in [5.74, 6) is 0.312. The Bertz CT molecular complexity index is 1290. The van der Waals surface area contributed by atoms with Gasteiger partial charge in [0.05, 0.1) is 13.1 Å². The van der Waals surface area contributed by atoms with E-state index in [0.717, 1.165) is 4.88 Å². The summed E-state index contributed by atoms with van der Waals surface area (Å²) in [6, 6.07) is 17.7. The number of nitrogen functional groups attached to an aromatic ring is 1. The molecule has 1 aliphatic rings. The SMILES string of the molecule is CC1(C(=O)NCc2cc(C(=N)N)cs2)CCCN1C(=O)CNC(=O)c1ccc(Oc2ccccc2)cc1. The molecule has 1 aliphatic heterocycles. The van der Waals surface area contributed by atoms with Gasteiger partial charge in [0, 0.05) is 27.9 Å². The average Bonchev–Trinajstić information content (AvgIpc) is 3.54. The minimum atomic E-state index is -1.00. The van der Waals surface area contributed by atoms with Crippen molar-refractivity contribution in [1.29, 1.82) is 5.41 Å². The standard InChI is InChI=1S/C27H29N5O4S/c1-27(26(35)31-15-22-14-19(17-37-22)24(28)29)12-5-13-32(27)23(33)16-30-25(34)18-8-10-21(11-9-18)36-20-6-3-2-4-7-20/h2-4,6-11,14,17H,5,12-13,15-16H2,1H3,(H3,28,29)(H,30,34)(H,31,35). The summed E-state index contributed by atoms with van der Waals surface area (Å²) in [7, 11) is 0. The number of hydrogen-bond donors (Lipinski definition) is 4. The fraction of sp³-hybridized carbons (Fsp3) is 0.259. The van der Waals surface area contributed by atoms with Gasteiger partial charge in [-0.05, 0) is 62.2 Å². The van der Waals surface area contributed by atoms with Crippen molar-refractivity contribution in [2.75, 3.05) is 13.1 Å². The van der Waals surface area contributed by atoms with Gasteiger partial charge in [-0.3, -0.25) is 19.8 Å². The van der Waals surface area contributed by atoms with Gasteiger partial charge in [-0.2, -0.15) is 0 Å². The molecule has 0 spiro atoms. The van der Waals surface area contributed by atoms with Crippen molar-refractivity contribution in [2.24, 2.45) is 5.73 Å².